The summed E-state index contributed by atoms with van der Waals surface area (Å²) in [5.74, 6) is -0.511. The summed E-state index contributed by atoms with van der Waals surface area (Å²) in [5, 5.41) is 4.53. The number of esters is 1. The number of carbonyl (C=O) groups excluding carboxylic acids is 3. The van der Waals surface area contributed by atoms with E-state index in [9.17, 15) is 14.4 Å². The molecule has 2 atom stereocenters. The number of ether oxygens (including phenoxy) is 1. The number of benzene rings is 2. The van der Waals surface area contributed by atoms with Crippen molar-refractivity contribution in [2.45, 2.75) is 40.0 Å². The summed E-state index contributed by atoms with van der Waals surface area (Å²) in [6, 6.07) is 13.4. The minimum atomic E-state index is -0.902. The van der Waals surface area contributed by atoms with Crippen molar-refractivity contribution in [3.8, 4) is 5.75 Å². The maximum atomic E-state index is 13.1. The van der Waals surface area contributed by atoms with Gasteiger partial charge in [0.1, 0.15) is 5.75 Å². The SMILES string of the molecule is CC12CC(C)(CC(C)(C(=O)Oc3ccc4ccccc4c3)C1)C(=O)NC2=O. The van der Waals surface area contributed by atoms with Crippen LogP contribution < -0.4 is 10.1 Å². The number of piperidine rings is 1. The van der Waals surface area contributed by atoms with E-state index in [0.717, 1.165) is 10.8 Å². The van der Waals surface area contributed by atoms with Crippen molar-refractivity contribution in [1.29, 1.82) is 0 Å². The Morgan fingerprint density at radius 2 is 1.48 bits per heavy atom. The summed E-state index contributed by atoms with van der Waals surface area (Å²) in [6.07, 6.45) is 1.19. The number of imide groups is 1. The Kier molecular flexibility index (Phi) is 3.71. The van der Waals surface area contributed by atoms with Gasteiger partial charge in [0, 0.05) is 10.8 Å². The van der Waals surface area contributed by atoms with E-state index in [2.05, 4.69) is 5.32 Å². The van der Waals surface area contributed by atoms with Gasteiger partial charge in [-0.1, -0.05) is 44.2 Å². The summed E-state index contributed by atoms with van der Waals surface area (Å²) < 4.78 is 5.71. The Balaban J connectivity index is 1.63. The van der Waals surface area contributed by atoms with Gasteiger partial charge in [0.15, 0.2) is 0 Å². The first-order valence-electron chi connectivity index (χ1n) is 9.21. The molecule has 1 N–H and O–H groups in total. The third-order valence-electron chi connectivity index (χ3n) is 6.09. The molecule has 2 bridgehead atoms. The second kappa shape index (κ2) is 5.65. The smallest absolute Gasteiger partial charge is 0.317 e. The van der Waals surface area contributed by atoms with E-state index in [1.165, 1.54) is 0 Å². The zero-order valence-corrected chi connectivity index (χ0v) is 15.8. The van der Waals surface area contributed by atoms with Gasteiger partial charge in [-0.05, 0) is 49.1 Å². The lowest BCUT2D eigenvalue weighted by Crippen LogP contribution is -2.63. The number of hydrogen-bond acceptors (Lipinski definition) is 4. The third kappa shape index (κ3) is 2.82. The van der Waals surface area contributed by atoms with E-state index in [-0.39, 0.29) is 11.8 Å². The lowest BCUT2D eigenvalue weighted by molar-refractivity contribution is -0.169. The Labute approximate surface area is 158 Å². The Hall–Kier alpha value is -2.69. The zero-order chi connectivity index (χ0) is 19.4. The molecule has 2 aliphatic rings. The van der Waals surface area contributed by atoms with Gasteiger partial charge in [-0.25, -0.2) is 0 Å². The predicted octanol–water partition coefficient (Wildman–Crippen LogP) is 3.60. The van der Waals surface area contributed by atoms with Gasteiger partial charge in [-0.3, -0.25) is 19.7 Å². The molecule has 0 radical (unpaired) electrons. The van der Waals surface area contributed by atoms with Gasteiger partial charge < -0.3 is 4.74 Å². The van der Waals surface area contributed by atoms with Crippen molar-refractivity contribution in [2.75, 3.05) is 0 Å². The summed E-state index contributed by atoms with van der Waals surface area (Å²) in [7, 11) is 0. The summed E-state index contributed by atoms with van der Waals surface area (Å²) in [6.45, 7) is 5.46. The van der Waals surface area contributed by atoms with Crippen molar-refractivity contribution < 1.29 is 19.1 Å². The fourth-order valence-electron chi connectivity index (χ4n) is 5.10. The van der Waals surface area contributed by atoms with Crippen LogP contribution in [0.4, 0.5) is 0 Å². The molecule has 27 heavy (non-hydrogen) atoms. The highest BCUT2D eigenvalue weighted by molar-refractivity contribution is 6.04. The van der Waals surface area contributed by atoms with Crippen LogP contribution in [0.2, 0.25) is 0 Å². The molecule has 4 rings (SSSR count). The fraction of sp³-hybridized carbons (Fsp3) is 0.409. The fourth-order valence-corrected chi connectivity index (χ4v) is 5.10. The van der Waals surface area contributed by atoms with Crippen LogP contribution in [-0.2, 0) is 14.4 Å². The Morgan fingerprint density at radius 3 is 2.11 bits per heavy atom. The second-order valence-electron chi connectivity index (χ2n) is 8.89. The normalized spacial score (nSPS) is 32.9. The van der Waals surface area contributed by atoms with E-state index < -0.39 is 22.2 Å². The van der Waals surface area contributed by atoms with Gasteiger partial charge in [0.25, 0.3) is 0 Å². The van der Waals surface area contributed by atoms with Gasteiger partial charge >= 0.3 is 5.97 Å². The quantitative estimate of drug-likeness (QED) is 0.501. The molecule has 1 aliphatic carbocycles. The number of nitrogens with one attached hydrogen (secondary N) is 1. The minimum absolute atomic E-state index is 0.297. The highest BCUT2D eigenvalue weighted by Crippen LogP contribution is 2.56. The molecule has 2 unspecified atom stereocenters. The van der Waals surface area contributed by atoms with Crippen LogP contribution in [0, 0.1) is 16.2 Å². The molecule has 2 aromatic carbocycles. The number of rotatable bonds is 2. The lowest BCUT2D eigenvalue weighted by Gasteiger charge is -2.52. The average molecular weight is 365 g/mol. The number of carbonyl (C=O) groups is 3. The summed E-state index contributed by atoms with van der Waals surface area (Å²) in [4.78, 5) is 37.9. The molecular formula is C22H23NO4. The number of hydrogen-bond donors (Lipinski definition) is 1. The maximum absolute atomic E-state index is 13.1. The largest absolute Gasteiger partial charge is 0.426 e. The molecule has 0 spiro atoms. The van der Waals surface area contributed by atoms with E-state index in [1.807, 2.05) is 50.2 Å². The van der Waals surface area contributed by atoms with E-state index in [1.54, 1.807) is 13.0 Å². The van der Waals surface area contributed by atoms with Gasteiger partial charge in [-0.2, -0.15) is 0 Å². The zero-order valence-electron chi connectivity index (χ0n) is 15.8. The average Bonchev–Trinajstić information content (AvgIpc) is 2.59. The molecular weight excluding hydrogens is 342 g/mol. The van der Waals surface area contributed by atoms with E-state index in [0.29, 0.717) is 25.0 Å². The topological polar surface area (TPSA) is 72.5 Å². The van der Waals surface area contributed by atoms with Crippen LogP contribution in [0.25, 0.3) is 10.8 Å². The number of amides is 2. The van der Waals surface area contributed by atoms with Crippen molar-refractivity contribution in [1.82, 2.24) is 5.32 Å². The molecule has 1 saturated carbocycles. The Bertz CT molecular complexity index is 953. The highest BCUT2D eigenvalue weighted by Gasteiger charge is 2.61. The maximum Gasteiger partial charge on any atom is 0.317 e. The number of fused-ring (bicyclic) bond motifs is 3. The first kappa shape index (κ1) is 17.7. The molecule has 2 aromatic rings. The summed E-state index contributed by atoms with van der Waals surface area (Å²) in [5.41, 5.74) is -2.41. The standard InChI is InChI=1S/C22H23NO4/c1-20-11-21(2,18(25)23-17(20)24)13-22(3,12-20)19(26)27-16-9-8-14-6-4-5-7-15(14)10-16/h4-10H,11-13H2,1-3H3,(H,23,24,25). The molecule has 5 nitrogen and oxygen atoms in total. The van der Waals surface area contributed by atoms with Gasteiger partial charge in [-0.15, -0.1) is 0 Å². The first-order chi connectivity index (χ1) is 12.6. The molecule has 1 heterocycles. The Morgan fingerprint density at radius 1 is 0.889 bits per heavy atom. The molecule has 2 fully saturated rings. The first-order valence-corrected chi connectivity index (χ1v) is 9.21. The predicted molar refractivity (Wildman–Crippen MR) is 101 cm³/mol. The van der Waals surface area contributed by atoms with Gasteiger partial charge in [0.05, 0.1) is 5.41 Å². The second-order valence-corrected chi connectivity index (χ2v) is 8.89. The molecule has 0 aromatic heterocycles. The van der Waals surface area contributed by atoms with E-state index >= 15 is 0 Å². The van der Waals surface area contributed by atoms with Crippen LogP contribution in [0.15, 0.2) is 42.5 Å². The third-order valence-corrected chi connectivity index (χ3v) is 6.09. The molecule has 5 heteroatoms. The van der Waals surface area contributed by atoms with E-state index in [4.69, 9.17) is 4.74 Å². The lowest BCUT2D eigenvalue weighted by atomic mass is 9.52. The van der Waals surface area contributed by atoms with Crippen LogP contribution in [0.3, 0.4) is 0 Å². The van der Waals surface area contributed by atoms with Crippen LogP contribution in [0.5, 0.6) is 5.75 Å². The molecule has 140 valence electrons. The molecule has 1 saturated heterocycles. The molecule has 2 amide bonds. The van der Waals surface area contributed by atoms with Crippen molar-refractivity contribution in [3.05, 3.63) is 42.5 Å². The van der Waals surface area contributed by atoms with Crippen LogP contribution in [0.1, 0.15) is 40.0 Å². The minimum Gasteiger partial charge on any atom is -0.426 e. The van der Waals surface area contributed by atoms with Crippen LogP contribution in [-0.4, -0.2) is 17.8 Å². The van der Waals surface area contributed by atoms with Gasteiger partial charge in [0.2, 0.25) is 11.8 Å². The van der Waals surface area contributed by atoms with Crippen molar-refractivity contribution >= 4 is 28.6 Å². The van der Waals surface area contributed by atoms with Crippen molar-refractivity contribution in [3.63, 3.8) is 0 Å². The van der Waals surface area contributed by atoms with Crippen LogP contribution >= 0.6 is 0 Å². The van der Waals surface area contributed by atoms with Crippen molar-refractivity contribution in [2.24, 2.45) is 16.2 Å². The highest BCUT2D eigenvalue weighted by atomic mass is 16.5. The molecule has 1 aliphatic heterocycles. The summed E-state index contributed by atoms with van der Waals surface area (Å²) >= 11 is 0. The monoisotopic (exact) mass is 365 g/mol.